The van der Waals surface area contributed by atoms with Crippen molar-refractivity contribution in [1.29, 1.82) is 0 Å². The van der Waals surface area contributed by atoms with Gasteiger partial charge < -0.3 is 10.2 Å². The van der Waals surface area contributed by atoms with Crippen molar-refractivity contribution in [3.05, 3.63) is 0 Å². The molecule has 7 heteroatoms. The van der Waals surface area contributed by atoms with Crippen molar-refractivity contribution in [2.75, 3.05) is 26.4 Å². The fourth-order valence-electron chi connectivity index (χ4n) is 0.658. The first-order valence-electron chi connectivity index (χ1n) is 5.43. The van der Waals surface area contributed by atoms with E-state index in [4.69, 9.17) is 24.8 Å². The third-order valence-corrected chi connectivity index (χ3v) is 3.10. The number of aliphatic hydroxyl groups excluding tert-OH is 2. The van der Waals surface area contributed by atoms with Crippen LogP contribution in [0.25, 0.3) is 0 Å². The molecule has 0 saturated heterocycles. The fourth-order valence-corrected chi connectivity index (χ4v) is 1.79. The average Bonchev–Trinajstić information content (AvgIpc) is 2.25. The van der Waals surface area contributed by atoms with Crippen LogP contribution in [0.4, 0.5) is 0 Å². The van der Waals surface area contributed by atoms with E-state index >= 15 is 0 Å². The predicted octanol–water partition coefficient (Wildman–Crippen LogP) is 1.12. The van der Waals surface area contributed by atoms with Gasteiger partial charge in [-0.05, 0) is 0 Å². The molecule has 0 rings (SSSR count). The predicted molar refractivity (Wildman–Crippen MR) is 65.4 cm³/mol. The third kappa shape index (κ3) is 7.86. The van der Waals surface area contributed by atoms with Gasteiger partial charge in [0.05, 0.1) is 26.4 Å². The Morgan fingerprint density at radius 1 is 1.00 bits per heavy atom. The maximum absolute atomic E-state index is 11.7. The van der Waals surface area contributed by atoms with Crippen molar-refractivity contribution in [2.45, 2.75) is 27.7 Å². The highest BCUT2D eigenvalue weighted by Gasteiger charge is 2.28. The molecule has 0 aromatic heterocycles. The first-order chi connectivity index (χ1) is 7.54. The van der Waals surface area contributed by atoms with Crippen LogP contribution in [0.1, 0.15) is 27.7 Å². The minimum Gasteiger partial charge on any atom is -0.396 e. The Kier molecular flexibility index (Phi) is 6.28. The van der Waals surface area contributed by atoms with Gasteiger partial charge in [0, 0.05) is 10.8 Å². The Labute approximate surface area is 103 Å². The third-order valence-electron chi connectivity index (χ3n) is 2.13. The summed E-state index contributed by atoms with van der Waals surface area (Å²) < 4.78 is 21.7. The van der Waals surface area contributed by atoms with E-state index in [1.807, 2.05) is 0 Å². The highest BCUT2D eigenvalue weighted by molar-refractivity contribution is 7.51. The summed E-state index contributed by atoms with van der Waals surface area (Å²) in [6.07, 6.45) is 0. The summed E-state index contributed by atoms with van der Waals surface area (Å²) in [4.78, 5) is 0. The van der Waals surface area contributed by atoms with Crippen molar-refractivity contribution < 1.29 is 23.8 Å². The minimum absolute atomic E-state index is 0.0385. The molecule has 0 aromatic rings. The van der Waals surface area contributed by atoms with Gasteiger partial charge in [0.15, 0.2) is 0 Å². The fraction of sp³-hybridized carbons (Fsp3) is 1.00. The summed E-state index contributed by atoms with van der Waals surface area (Å²) in [5.74, 6) is 0. The van der Waals surface area contributed by atoms with E-state index in [0.29, 0.717) is 0 Å². The topological polar surface area (TPSA) is 102 Å². The SMILES string of the molecule is CC(C)(CO)COP(N)(=O)OCC(C)(C)CO. The molecule has 0 aliphatic rings. The van der Waals surface area contributed by atoms with Crippen LogP contribution in [0, 0.1) is 10.8 Å². The molecule has 0 bridgehead atoms. The highest BCUT2D eigenvalue weighted by Crippen LogP contribution is 2.42. The number of nitrogens with two attached hydrogens (primary N) is 1. The molecule has 0 aliphatic heterocycles. The first-order valence-corrected chi connectivity index (χ1v) is 7.04. The van der Waals surface area contributed by atoms with Gasteiger partial charge in [0.1, 0.15) is 0 Å². The van der Waals surface area contributed by atoms with Crippen molar-refractivity contribution >= 4 is 7.75 Å². The Balaban J connectivity index is 4.18. The van der Waals surface area contributed by atoms with Crippen LogP contribution in [-0.2, 0) is 13.6 Å². The van der Waals surface area contributed by atoms with Gasteiger partial charge in [-0.15, -0.1) is 0 Å². The molecule has 0 saturated carbocycles. The lowest BCUT2D eigenvalue weighted by molar-refractivity contribution is 0.0604. The van der Waals surface area contributed by atoms with E-state index in [1.54, 1.807) is 27.7 Å². The van der Waals surface area contributed by atoms with E-state index in [-0.39, 0.29) is 26.4 Å². The molecule has 4 N–H and O–H groups in total. The maximum atomic E-state index is 11.7. The van der Waals surface area contributed by atoms with Crippen LogP contribution in [-0.4, -0.2) is 36.6 Å². The number of aliphatic hydroxyl groups is 2. The van der Waals surface area contributed by atoms with Gasteiger partial charge in [-0.25, -0.2) is 10.1 Å². The molecule has 17 heavy (non-hydrogen) atoms. The lowest BCUT2D eigenvalue weighted by atomic mass is 9.97. The summed E-state index contributed by atoms with van der Waals surface area (Å²) in [7, 11) is -3.63. The van der Waals surface area contributed by atoms with E-state index in [1.165, 1.54) is 0 Å². The Morgan fingerprint density at radius 3 is 1.53 bits per heavy atom. The smallest absolute Gasteiger partial charge is 0.396 e. The van der Waals surface area contributed by atoms with Gasteiger partial charge in [-0.2, -0.15) is 0 Å². The molecule has 0 spiro atoms. The van der Waals surface area contributed by atoms with Crippen molar-refractivity contribution in [3.63, 3.8) is 0 Å². The second-order valence-corrected chi connectivity index (χ2v) is 7.33. The van der Waals surface area contributed by atoms with Crippen molar-refractivity contribution in [3.8, 4) is 0 Å². The Hall–Kier alpha value is 0.0300. The summed E-state index contributed by atoms with van der Waals surface area (Å²) in [6.45, 7) is 6.89. The first kappa shape index (κ1) is 17.0. The maximum Gasteiger partial charge on any atom is 0.402 e. The molecular formula is C10H24NO5P. The average molecular weight is 269 g/mol. The van der Waals surface area contributed by atoms with Crippen LogP contribution >= 0.6 is 7.75 Å². The number of rotatable bonds is 8. The molecule has 0 heterocycles. The van der Waals surface area contributed by atoms with E-state index in [0.717, 1.165) is 0 Å². The Bertz CT molecular complexity index is 256. The normalized spacial score (nSPS) is 14.1. The van der Waals surface area contributed by atoms with Crippen LogP contribution < -0.4 is 5.50 Å². The zero-order valence-corrected chi connectivity index (χ0v) is 11.9. The van der Waals surface area contributed by atoms with Gasteiger partial charge in [-0.3, -0.25) is 9.05 Å². The second-order valence-electron chi connectivity index (χ2n) is 5.73. The molecule has 0 aromatic carbocycles. The van der Waals surface area contributed by atoms with Gasteiger partial charge in [-0.1, -0.05) is 27.7 Å². The van der Waals surface area contributed by atoms with Gasteiger partial charge in [0.25, 0.3) is 0 Å². The van der Waals surface area contributed by atoms with Crippen molar-refractivity contribution in [2.24, 2.45) is 16.3 Å². The molecular weight excluding hydrogens is 245 g/mol. The van der Waals surface area contributed by atoms with E-state index < -0.39 is 18.6 Å². The van der Waals surface area contributed by atoms with Gasteiger partial charge in [0.2, 0.25) is 0 Å². The van der Waals surface area contributed by atoms with Crippen LogP contribution in [0.2, 0.25) is 0 Å². The van der Waals surface area contributed by atoms with E-state index in [2.05, 4.69) is 0 Å². The van der Waals surface area contributed by atoms with Gasteiger partial charge >= 0.3 is 7.75 Å². The van der Waals surface area contributed by atoms with Crippen LogP contribution in [0.3, 0.4) is 0 Å². The summed E-state index contributed by atoms with van der Waals surface area (Å²) in [6, 6.07) is 0. The standard InChI is InChI=1S/C10H24NO5P/c1-9(2,5-12)7-15-17(11,14)16-8-10(3,4)6-13/h12-13H,5-8H2,1-4H3,(H2,11,14). The summed E-state index contributed by atoms with van der Waals surface area (Å²) >= 11 is 0. The molecule has 0 aliphatic carbocycles. The van der Waals surface area contributed by atoms with Crippen molar-refractivity contribution in [1.82, 2.24) is 0 Å². The monoisotopic (exact) mass is 269 g/mol. The molecule has 0 fully saturated rings. The number of hydrogen-bond donors (Lipinski definition) is 3. The molecule has 0 amide bonds. The lowest BCUT2D eigenvalue weighted by Gasteiger charge is -2.26. The zero-order chi connectivity index (χ0) is 13.7. The largest absolute Gasteiger partial charge is 0.402 e. The second kappa shape index (κ2) is 6.27. The minimum atomic E-state index is -3.63. The van der Waals surface area contributed by atoms with Crippen LogP contribution in [0.5, 0.6) is 0 Å². The summed E-state index contributed by atoms with van der Waals surface area (Å²) in [5, 5.41) is 18.0. The molecule has 104 valence electrons. The molecule has 0 radical (unpaired) electrons. The number of hydrogen-bond acceptors (Lipinski definition) is 5. The van der Waals surface area contributed by atoms with Crippen LogP contribution in [0.15, 0.2) is 0 Å². The highest BCUT2D eigenvalue weighted by atomic mass is 31.2. The quantitative estimate of drug-likeness (QED) is 0.571. The van der Waals surface area contributed by atoms with E-state index in [9.17, 15) is 4.57 Å². The lowest BCUT2D eigenvalue weighted by Crippen LogP contribution is -2.27. The molecule has 6 nitrogen and oxygen atoms in total. The molecule has 0 atom stereocenters. The molecule has 0 unspecified atom stereocenters. The zero-order valence-electron chi connectivity index (χ0n) is 11.0. The summed E-state index contributed by atoms with van der Waals surface area (Å²) in [5.41, 5.74) is 4.34. The Morgan fingerprint density at radius 2 is 1.29 bits per heavy atom.